The number of ether oxygens (including phenoxy) is 1. The second-order valence-electron chi connectivity index (χ2n) is 9.17. The van der Waals surface area contributed by atoms with Crippen LogP contribution in [0.3, 0.4) is 0 Å². The van der Waals surface area contributed by atoms with Gasteiger partial charge in [-0.3, -0.25) is 0 Å². The molecule has 0 atom stereocenters. The van der Waals surface area contributed by atoms with Gasteiger partial charge in [-0.25, -0.2) is 0 Å². The summed E-state index contributed by atoms with van der Waals surface area (Å²) in [6.45, 7) is 11.4. The molecule has 1 aliphatic carbocycles. The zero-order valence-electron chi connectivity index (χ0n) is 16.0. The summed E-state index contributed by atoms with van der Waals surface area (Å²) in [4.78, 5) is 0. The van der Waals surface area contributed by atoms with E-state index in [-0.39, 0.29) is 0 Å². The van der Waals surface area contributed by atoms with Crippen molar-refractivity contribution >= 4 is 0 Å². The zero-order chi connectivity index (χ0) is 16.3. The van der Waals surface area contributed by atoms with Crippen molar-refractivity contribution in [3.63, 3.8) is 0 Å². The lowest BCUT2D eigenvalue weighted by molar-refractivity contribution is 0.125. The first-order chi connectivity index (χ1) is 10.4. The van der Waals surface area contributed by atoms with Gasteiger partial charge in [-0.2, -0.15) is 0 Å². The third-order valence-corrected chi connectivity index (χ3v) is 5.14. The average Bonchev–Trinajstić information content (AvgIpc) is 3.16. The third-order valence-electron chi connectivity index (χ3n) is 5.14. The van der Waals surface area contributed by atoms with Crippen molar-refractivity contribution < 1.29 is 4.74 Å². The van der Waals surface area contributed by atoms with Gasteiger partial charge in [0.05, 0.1) is 0 Å². The first-order valence-corrected chi connectivity index (χ1v) is 9.99. The molecule has 1 saturated carbocycles. The Morgan fingerprint density at radius 3 is 1.77 bits per heavy atom. The van der Waals surface area contributed by atoms with Gasteiger partial charge in [0.25, 0.3) is 0 Å². The van der Waals surface area contributed by atoms with E-state index in [9.17, 15) is 0 Å². The molecule has 0 aromatic rings. The normalized spacial score (nSPS) is 16.9. The monoisotopic (exact) mass is 310 g/mol. The van der Waals surface area contributed by atoms with Gasteiger partial charge in [-0.05, 0) is 49.4 Å². The fourth-order valence-corrected chi connectivity index (χ4v) is 3.06. The highest BCUT2D eigenvalue weighted by atomic mass is 16.5. The van der Waals surface area contributed by atoms with E-state index in [0.29, 0.717) is 5.41 Å². The van der Waals surface area contributed by atoms with Gasteiger partial charge in [0.15, 0.2) is 0 Å². The second kappa shape index (κ2) is 10.7. The molecule has 0 amide bonds. The van der Waals surface area contributed by atoms with Gasteiger partial charge in [0, 0.05) is 13.2 Å². The lowest BCUT2D eigenvalue weighted by Crippen LogP contribution is -2.04. The first kappa shape index (κ1) is 20.0. The minimum absolute atomic E-state index is 0.513. The molecule has 0 aromatic carbocycles. The van der Waals surface area contributed by atoms with Crippen LogP contribution in [0.1, 0.15) is 111 Å². The van der Waals surface area contributed by atoms with Gasteiger partial charge in [-0.1, -0.05) is 72.6 Å². The molecule has 132 valence electrons. The van der Waals surface area contributed by atoms with Crippen molar-refractivity contribution in [2.24, 2.45) is 10.8 Å². The fourth-order valence-electron chi connectivity index (χ4n) is 3.06. The highest BCUT2D eigenvalue weighted by Gasteiger charge is 2.35. The van der Waals surface area contributed by atoms with Gasteiger partial charge in [-0.15, -0.1) is 0 Å². The molecule has 0 heterocycles. The van der Waals surface area contributed by atoms with E-state index in [0.717, 1.165) is 18.6 Å². The standard InChI is InChI=1S/C21H42O/c1-20(2,3)14-10-6-5-8-12-18-22-19-13-9-7-11-15-21(4)16-17-21/h5-19H2,1-4H3. The molecule has 0 saturated heterocycles. The number of hydrogen-bond donors (Lipinski definition) is 0. The maximum Gasteiger partial charge on any atom is 0.0466 e. The minimum atomic E-state index is 0.513. The van der Waals surface area contributed by atoms with Gasteiger partial charge < -0.3 is 4.74 Å². The zero-order valence-corrected chi connectivity index (χ0v) is 16.0. The van der Waals surface area contributed by atoms with Crippen LogP contribution in [0.2, 0.25) is 0 Å². The van der Waals surface area contributed by atoms with E-state index in [4.69, 9.17) is 4.74 Å². The van der Waals surface area contributed by atoms with E-state index in [1.54, 1.807) is 0 Å². The number of hydrogen-bond acceptors (Lipinski definition) is 1. The van der Waals surface area contributed by atoms with Crippen molar-refractivity contribution in [1.29, 1.82) is 0 Å². The highest BCUT2D eigenvalue weighted by Crippen LogP contribution is 2.49. The molecular weight excluding hydrogens is 268 g/mol. The molecule has 1 rings (SSSR count). The molecule has 1 aliphatic rings. The van der Waals surface area contributed by atoms with Crippen molar-refractivity contribution in [1.82, 2.24) is 0 Å². The summed E-state index contributed by atoms with van der Waals surface area (Å²) < 4.78 is 5.75. The van der Waals surface area contributed by atoms with Crippen LogP contribution >= 0.6 is 0 Å². The summed E-state index contributed by atoms with van der Waals surface area (Å²) in [6.07, 6.45) is 18.0. The number of rotatable bonds is 14. The molecule has 0 spiro atoms. The van der Waals surface area contributed by atoms with Crippen molar-refractivity contribution in [2.75, 3.05) is 13.2 Å². The smallest absolute Gasteiger partial charge is 0.0466 e. The van der Waals surface area contributed by atoms with Crippen LogP contribution in [0.15, 0.2) is 0 Å². The van der Waals surface area contributed by atoms with E-state index in [1.165, 1.54) is 83.5 Å². The topological polar surface area (TPSA) is 9.23 Å². The SMILES string of the molecule is CC(C)(C)CCCCCCCOCCCCCCC1(C)CC1. The van der Waals surface area contributed by atoms with E-state index in [2.05, 4.69) is 27.7 Å². The van der Waals surface area contributed by atoms with Crippen LogP contribution in [0.5, 0.6) is 0 Å². The Bertz CT molecular complexity index is 242. The maximum atomic E-state index is 5.75. The maximum absolute atomic E-state index is 5.75. The van der Waals surface area contributed by atoms with Crippen LogP contribution in [0, 0.1) is 10.8 Å². The Morgan fingerprint density at radius 1 is 0.727 bits per heavy atom. The van der Waals surface area contributed by atoms with Crippen molar-refractivity contribution in [3.8, 4) is 0 Å². The van der Waals surface area contributed by atoms with Crippen LogP contribution in [-0.2, 0) is 4.74 Å². The molecular formula is C21H42O. The van der Waals surface area contributed by atoms with Gasteiger partial charge >= 0.3 is 0 Å². The summed E-state index contributed by atoms with van der Waals surface area (Å²) in [6, 6.07) is 0. The van der Waals surface area contributed by atoms with E-state index < -0.39 is 0 Å². The van der Waals surface area contributed by atoms with E-state index >= 15 is 0 Å². The molecule has 0 radical (unpaired) electrons. The molecule has 0 N–H and O–H groups in total. The molecule has 0 aliphatic heterocycles. The number of unbranched alkanes of at least 4 members (excludes halogenated alkanes) is 7. The molecule has 0 unspecified atom stereocenters. The Kier molecular flexibility index (Phi) is 9.71. The average molecular weight is 311 g/mol. The predicted octanol–water partition coefficient (Wildman–Crippen LogP) is 7.14. The first-order valence-electron chi connectivity index (χ1n) is 9.99. The summed E-state index contributed by atoms with van der Waals surface area (Å²) in [5, 5.41) is 0. The molecule has 1 nitrogen and oxygen atoms in total. The Hall–Kier alpha value is -0.0400. The van der Waals surface area contributed by atoms with Crippen molar-refractivity contribution in [3.05, 3.63) is 0 Å². The Labute approximate surface area is 140 Å². The van der Waals surface area contributed by atoms with Crippen LogP contribution < -0.4 is 0 Å². The fraction of sp³-hybridized carbons (Fsp3) is 1.00. The summed E-state index contributed by atoms with van der Waals surface area (Å²) in [5.74, 6) is 0. The minimum Gasteiger partial charge on any atom is -0.381 e. The Morgan fingerprint density at radius 2 is 1.23 bits per heavy atom. The predicted molar refractivity (Wildman–Crippen MR) is 98.4 cm³/mol. The Balaban J connectivity index is 1.68. The highest BCUT2D eigenvalue weighted by molar-refractivity contribution is 4.87. The van der Waals surface area contributed by atoms with Crippen LogP contribution in [-0.4, -0.2) is 13.2 Å². The van der Waals surface area contributed by atoms with Crippen LogP contribution in [0.25, 0.3) is 0 Å². The summed E-state index contributed by atoms with van der Waals surface area (Å²) in [5.41, 5.74) is 1.27. The largest absolute Gasteiger partial charge is 0.381 e. The molecule has 1 heteroatoms. The second-order valence-corrected chi connectivity index (χ2v) is 9.17. The molecule has 22 heavy (non-hydrogen) atoms. The quantitative estimate of drug-likeness (QED) is 0.310. The molecule has 1 fully saturated rings. The lowest BCUT2D eigenvalue weighted by atomic mass is 9.89. The molecule has 0 bridgehead atoms. The summed E-state index contributed by atoms with van der Waals surface area (Å²) >= 11 is 0. The molecule has 0 aromatic heterocycles. The summed E-state index contributed by atoms with van der Waals surface area (Å²) in [7, 11) is 0. The van der Waals surface area contributed by atoms with E-state index in [1.807, 2.05) is 0 Å². The van der Waals surface area contributed by atoms with Gasteiger partial charge in [0.2, 0.25) is 0 Å². The third kappa shape index (κ3) is 12.5. The van der Waals surface area contributed by atoms with Crippen LogP contribution in [0.4, 0.5) is 0 Å². The van der Waals surface area contributed by atoms with Gasteiger partial charge in [0.1, 0.15) is 0 Å². The lowest BCUT2D eigenvalue weighted by Gasteiger charge is -2.17. The van der Waals surface area contributed by atoms with Crippen molar-refractivity contribution in [2.45, 2.75) is 111 Å².